The second-order valence-corrected chi connectivity index (χ2v) is 7.62. The summed E-state index contributed by atoms with van der Waals surface area (Å²) < 4.78 is 12.2. The molecule has 1 fully saturated rings. The number of likely N-dealkylation sites (N-methyl/N-ethyl adjacent to an activating group) is 1. The van der Waals surface area contributed by atoms with Gasteiger partial charge < -0.3 is 19.3 Å². The van der Waals surface area contributed by atoms with Crippen LogP contribution in [0, 0.1) is 0 Å². The van der Waals surface area contributed by atoms with Crippen molar-refractivity contribution in [1.82, 2.24) is 4.90 Å². The number of quaternary nitrogens is 1. The minimum atomic E-state index is -0.119. The molecule has 1 aromatic carbocycles. The Kier molecular flexibility index (Phi) is 6.66. The third-order valence-corrected chi connectivity index (χ3v) is 5.05. The molecule has 1 aliphatic rings. The van der Waals surface area contributed by atoms with Gasteiger partial charge in [-0.2, -0.15) is 0 Å². The summed E-state index contributed by atoms with van der Waals surface area (Å²) in [5.74, 6) is 1.04. The molecule has 0 aromatic heterocycles. The molecule has 0 radical (unpaired) electrons. The highest BCUT2D eigenvalue weighted by Gasteiger charge is 2.32. The van der Waals surface area contributed by atoms with Crippen LogP contribution in [0.25, 0.3) is 0 Å². The van der Waals surface area contributed by atoms with Gasteiger partial charge in [0.25, 0.3) is 5.91 Å². The lowest BCUT2D eigenvalue weighted by atomic mass is 10.1. The van der Waals surface area contributed by atoms with Crippen molar-refractivity contribution in [2.45, 2.75) is 45.6 Å². The molecule has 134 valence electrons. The first-order valence-corrected chi connectivity index (χ1v) is 9.20. The number of morpholine rings is 1. The summed E-state index contributed by atoms with van der Waals surface area (Å²) in [5.41, 5.74) is 1.09. The predicted octanol–water partition coefficient (Wildman–Crippen LogP) is 1.50. The third-order valence-electron chi connectivity index (χ3n) is 4.55. The van der Waals surface area contributed by atoms with E-state index in [2.05, 4.69) is 29.0 Å². The van der Waals surface area contributed by atoms with E-state index in [1.165, 1.54) is 0 Å². The van der Waals surface area contributed by atoms with Crippen molar-refractivity contribution >= 4 is 21.8 Å². The molecule has 24 heavy (non-hydrogen) atoms. The molecule has 5 nitrogen and oxygen atoms in total. The number of halogens is 1. The van der Waals surface area contributed by atoms with Crippen LogP contribution >= 0.6 is 15.9 Å². The number of ether oxygens (including phenoxy) is 2. The molecule has 1 amide bonds. The Bertz CT molecular complexity index is 571. The summed E-state index contributed by atoms with van der Waals surface area (Å²) in [7, 11) is 3.73. The van der Waals surface area contributed by atoms with E-state index in [0.29, 0.717) is 13.1 Å². The van der Waals surface area contributed by atoms with Crippen molar-refractivity contribution in [3.8, 4) is 5.75 Å². The van der Waals surface area contributed by atoms with E-state index in [1.807, 2.05) is 37.8 Å². The van der Waals surface area contributed by atoms with E-state index >= 15 is 0 Å². The zero-order valence-corrected chi connectivity index (χ0v) is 16.7. The average Bonchev–Trinajstić information content (AvgIpc) is 2.52. The largest absolute Gasteiger partial charge is 0.496 e. The van der Waals surface area contributed by atoms with Gasteiger partial charge in [-0.15, -0.1) is 0 Å². The van der Waals surface area contributed by atoms with Gasteiger partial charge in [0.2, 0.25) is 0 Å². The van der Waals surface area contributed by atoms with Gasteiger partial charge in [-0.05, 0) is 39.0 Å². The number of amides is 1. The molecule has 6 heteroatoms. The molecule has 1 saturated heterocycles. The molecule has 0 spiro atoms. The summed E-state index contributed by atoms with van der Waals surface area (Å²) in [5, 5.41) is 0. The molecule has 1 unspecified atom stereocenters. The highest BCUT2D eigenvalue weighted by Crippen LogP contribution is 2.22. The molecule has 2 rings (SSSR count). The first-order chi connectivity index (χ1) is 11.3. The number of nitrogens with one attached hydrogen (secondary N) is 1. The van der Waals surface area contributed by atoms with Crippen LogP contribution in [-0.4, -0.2) is 56.3 Å². The molecule has 1 N–H and O–H groups in total. The maximum absolute atomic E-state index is 12.9. The van der Waals surface area contributed by atoms with Crippen molar-refractivity contribution in [2.75, 3.05) is 27.2 Å². The highest BCUT2D eigenvalue weighted by molar-refractivity contribution is 9.10. The van der Waals surface area contributed by atoms with Crippen LogP contribution in [0.3, 0.4) is 0 Å². The topological polar surface area (TPSA) is 43.2 Å². The van der Waals surface area contributed by atoms with Crippen LogP contribution in [0.2, 0.25) is 0 Å². The van der Waals surface area contributed by atoms with Crippen molar-refractivity contribution < 1.29 is 19.2 Å². The van der Waals surface area contributed by atoms with Crippen LogP contribution in [0.15, 0.2) is 22.7 Å². The number of methoxy groups -OCH3 is 1. The van der Waals surface area contributed by atoms with E-state index in [1.54, 1.807) is 7.11 Å². The smallest absolute Gasteiger partial charge is 0.280 e. The number of rotatable bonds is 5. The lowest BCUT2D eigenvalue weighted by Gasteiger charge is -2.37. The Hall–Kier alpha value is -1.11. The third kappa shape index (κ3) is 4.71. The molecule has 0 bridgehead atoms. The van der Waals surface area contributed by atoms with Crippen molar-refractivity contribution in [2.24, 2.45) is 0 Å². The molecule has 1 aliphatic heterocycles. The zero-order valence-electron chi connectivity index (χ0n) is 15.1. The average molecular weight is 400 g/mol. The Morgan fingerprint density at radius 2 is 2.04 bits per heavy atom. The monoisotopic (exact) mass is 399 g/mol. The fraction of sp³-hybridized carbons (Fsp3) is 0.611. The maximum atomic E-state index is 12.9. The minimum Gasteiger partial charge on any atom is -0.496 e. The SMILES string of the molecule is COc1ccc(Br)cc1C[NH+](C)[C@@H](C)C(=O)N1C[C@@H](C)O[C@@H](C)C1. The molecule has 4 atom stereocenters. The van der Waals surface area contributed by atoms with E-state index in [4.69, 9.17) is 9.47 Å². The van der Waals surface area contributed by atoms with Gasteiger partial charge in [0.1, 0.15) is 12.3 Å². The standard InChI is InChI=1S/C18H27BrN2O3/c1-12-9-21(10-13(2)24-12)18(22)14(3)20(4)11-15-8-16(19)6-7-17(15)23-5/h6-8,12-14H,9-11H2,1-5H3/p+1/t12-,13+,14-/m0/s1. The van der Waals surface area contributed by atoms with E-state index < -0.39 is 0 Å². The van der Waals surface area contributed by atoms with Crippen LogP contribution in [0.5, 0.6) is 5.75 Å². The highest BCUT2D eigenvalue weighted by atomic mass is 79.9. The van der Waals surface area contributed by atoms with Crippen LogP contribution in [0.1, 0.15) is 26.3 Å². The molecule has 0 aliphatic carbocycles. The van der Waals surface area contributed by atoms with E-state index in [9.17, 15) is 4.79 Å². The Morgan fingerprint density at radius 3 is 2.62 bits per heavy atom. The Labute approximate surface area is 153 Å². The lowest BCUT2D eigenvalue weighted by molar-refractivity contribution is -0.908. The first-order valence-electron chi connectivity index (χ1n) is 8.40. The van der Waals surface area contributed by atoms with Gasteiger partial charge in [-0.25, -0.2) is 0 Å². The fourth-order valence-corrected chi connectivity index (χ4v) is 3.59. The quantitative estimate of drug-likeness (QED) is 0.815. The summed E-state index contributed by atoms with van der Waals surface area (Å²) in [4.78, 5) is 15.9. The normalized spacial score (nSPS) is 23.7. The van der Waals surface area contributed by atoms with Crippen LogP contribution in [0.4, 0.5) is 0 Å². The minimum absolute atomic E-state index is 0.0929. The van der Waals surface area contributed by atoms with Gasteiger partial charge in [0, 0.05) is 23.1 Å². The van der Waals surface area contributed by atoms with E-state index in [0.717, 1.165) is 27.2 Å². The Morgan fingerprint density at radius 1 is 1.42 bits per heavy atom. The molecule has 0 saturated carbocycles. The lowest BCUT2D eigenvalue weighted by Crippen LogP contribution is -3.12. The first kappa shape index (κ1) is 19.2. The van der Waals surface area contributed by atoms with Gasteiger partial charge >= 0.3 is 0 Å². The molecule has 1 heterocycles. The van der Waals surface area contributed by atoms with Crippen LogP contribution in [-0.2, 0) is 16.1 Å². The van der Waals surface area contributed by atoms with E-state index in [-0.39, 0.29) is 24.2 Å². The van der Waals surface area contributed by atoms with Gasteiger partial charge in [0.15, 0.2) is 6.04 Å². The van der Waals surface area contributed by atoms with Crippen molar-refractivity contribution in [1.29, 1.82) is 0 Å². The number of nitrogens with zero attached hydrogens (tertiary/aromatic N) is 1. The summed E-state index contributed by atoms with van der Waals surface area (Å²) in [6.45, 7) is 8.09. The van der Waals surface area contributed by atoms with Gasteiger partial charge in [0.05, 0.1) is 26.4 Å². The summed E-state index contributed by atoms with van der Waals surface area (Å²) in [6, 6.07) is 5.84. The van der Waals surface area contributed by atoms with Gasteiger partial charge in [-0.1, -0.05) is 15.9 Å². The predicted molar refractivity (Wildman–Crippen MR) is 97.3 cm³/mol. The molecular weight excluding hydrogens is 372 g/mol. The summed E-state index contributed by atoms with van der Waals surface area (Å²) >= 11 is 3.50. The van der Waals surface area contributed by atoms with Crippen LogP contribution < -0.4 is 9.64 Å². The fourth-order valence-electron chi connectivity index (χ4n) is 3.18. The molecular formula is C18H28BrN2O3+. The number of hydrogen-bond donors (Lipinski definition) is 1. The maximum Gasteiger partial charge on any atom is 0.280 e. The Balaban J connectivity index is 2.05. The number of carbonyl (C=O) groups excluding carboxylic acids is 1. The van der Waals surface area contributed by atoms with Crippen molar-refractivity contribution in [3.05, 3.63) is 28.2 Å². The number of benzene rings is 1. The second kappa shape index (κ2) is 8.32. The zero-order chi connectivity index (χ0) is 17.9. The van der Waals surface area contributed by atoms with Crippen molar-refractivity contribution in [3.63, 3.8) is 0 Å². The summed E-state index contributed by atoms with van der Waals surface area (Å²) in [6.07, 6.45) is 0.186. The number of carbonyl (C=O) groups is 1. The second-order valence-electron chi connectivity index (χ2n) is 6.70. The number of hydrogen-bond acceptors (Lipinski definition) is 3. The molecule has 1 aromatic rings. The van der Waals surface area contributed by atoms with Gasteiger partial charge in [-0.3, -0.25) is 4.79 Å².